The van der Waals surface area contributed by atoms with Crippen LogP contribution in [-0.2, 0) is 16.0 Å². The van der Waals surface area contributed by atoms with Crippen molar-refractivity contribution in [1.82, 2.24) is 0 Å². The average molecular weight is 398 g/mol. The molecule has 29 heavy (non-hydrogen) atoms. The van der Waals surface area contributed by atoms with Gasteiger partial charge in [0.25, 0.3) is 0 Å². The predicted molar refractivity (Wildman–Crippen MR) is 110 cm³/mol. The molecule has 2 aromatic rings. The second-order valence-corrected chi connectivity index (χ2v) is 7.02. The summed E-state index contributed by atoms with van der Waals surface area (Å²) < 4.78 is 21.6. The van der Waals surface area contributed by atoms with Crippen LogP contribution in [0.3, 0.4) is 0 Å². The van der Waals surface area contributed by atoms with Gasteiger partial charge in [-0.3, -0.25) is 4.79 Å². The Morgan fingerprint density at radius 1 is 1.17 bits per heavy atom. The van der Waals surface area contributed by atoms with Gasteiger partial charge in [-0.15, -0.1) is 0 Å². The summed E-state index contributed by atoms with van der Waals surface area (Å²) in [7, 11) is 4.45. The number of benzene rings is 2. The zero-order chi connectivity index (χ0) is 21.1. The van der Waals surface area contributed by atoms with Crippen molar-refractivity contribution in [1.29, 1.82) is 0 Å². The first kappa shape index (κ1) is 20.6. The number of phenols is 1. The quantitative estimate of drug-likeness (QED) is 0.739. The number of aromatic hydroxyl groups is 1. The first-order chi connectivity index (χ1) is 13.9. The molecule has 2 unspecified atom stereocenters. The number of fused-ring (bicyclic) bond motifs is 1. The molecule has 0 amide bonds. The van der Waals surface area contributed by atoms with Crippen molar-refractivity contribution in [3.63, 3.8) is 0 Å². The predicted octanol–water partition coefficient (Wildman–Crippen LogP) is 4.09. The summed E-state index contributed by atoms with van der Waals surface area (Å²) in [6.45, 7) is 3.92. The minimum absolute atomic E-state index is 0.0425. The van der Waals surface area contributed by atoms with Crippen molar-refractivity contribution in [2.24, 2.45) is 0 Å². The smallest absolute Gasteiger partial charge is 0.313 e. The van der Waals surface area contributed by atoms with E-state index in [4.69, 9.17) is 18.9 Å². The van der Waals surface area contributed by atoms with E-state index in [9.17, 15) is 9.90 Å². The maximum absolute atomic E-state index is 12.6. The summed E-state index contributed by atoms with van der Waals surface area (Å²) in [4.78, 5) is 12.6. The average Bonchev–Trinajstić information content (AvgIpc) is 2.74. The minimum atomic E-state index is -0.654. The lowest BCUT2D eigenvalue weighted by Crippen LogP contribution is -2.19. The molecule has 3 rings (SSSR count). The Morgan fingerprint density at radius 3 is 2.59 bits per heavy atom. The fourth-order valence-corrected chi connectivity index (χ4v) is 3.46. The summed E-state index contributed by atoms with van der Waals surface area (Å²) in [6.07, 6.45) is 2.12. The van der Waals surface area contributed by atoms with E-state index in [1.165, 1.54) is 14.2 Å². The Hall–Kier alpha value is -3.15. The lowest BCUT2D eigenvalue weighted by atomic mass is 9.89. The van der Waals surface area contributed by atoms with Gasteiger partial charge in [0.15, 0.2) is 0 Å². The van der Waals surface area contributed by atoms with Gasteiger partial charge in [0.1, 0.15) is 29.1 Å². The lowest BCUT2D eigenvalue weighted by Gasteiger charge is -2.25. The molecule has 1 aliphatic rings. The normalized spacial score (nSPS) is 16.2. The molecule has 0 radical (unpaired) electrons. The molecule has 6 nitrogen and oxygen atoms in total. The van der Waals surface area contributed by atoms with Gasteiger partial charge in [-0.1, -0.05) is 12.1 Å². The highest BCUT2D eigenvalue weighted by molar-refractivity contribution is 5.80. The Bertz CT molecular complexity index is 947. The molecule has 2 aromatic carbocycles. The number of hydrogen-bond donors (Lipinski definition) is 1. The van der Waals surface area contributed by atoms with E-state index in [1.807, 2.05) is 26.0 Å². The van der Waals surface area contributed by atoms with E-state index >= 15 is 0 Å². The molecule has 0 aromatic heterocycles. The number of rotatable bonds is 6. The molecule has 154 valence electrons. The third-order valence-electron chi connectivity index (χ3n) is 5.30. The van der Waals surface area contributed by atoms with Crippen LogP contribution >= 0.6 is 0 Å². The van der Waals surface area contributed by atoms with Crippen LogP contribution in [0.4, 0.5) is 0 Å². The monoisotopic (exact) mass is 398 g/mol. The van der Waals surface area contributed by atoms with Crippen LogP contribution in [0.15, 0.2) is 35.9 Å². The van der Waals surface area contributed by atoms with E-state index in [0.29, 0.717) is 33.9 Å². The Balaban J connectivity index is 2.02. The summed E-state index contributed by atoms with van der Waals surface area (Å²) in [5.74, 6) is 0.805. The molecule has 1 N–H and O–H groups in total. The van der Waals surface area contributed by atoms with Crippen molar-refractivity contribution in [3.05, 3.63) is 52.6 Å². The second kappa shape index (κ2) is 8.47. The van der Waals surface area contributed by atoms with Crippen molar-refractivity contribution in [2.45, 2.75) is 32.3 Å². The van der Waals surface area contributed by atoms with Crippen LogP contribution in [-0.4, -0.2) is 38.5 Å². The van der Waals surface area contributed by atoms with Crippen LogP contribution in [0.5, 0.6) is 23.0 Å². The molecule has 2 atom stereocenters. The van der Waals surface area contributed by atoms with E-state index < -0.39 is 11.9 Å². The molecule has 1 aliphatic heterocycles. The molecular formula is C23H26O6. The third-order valence-corrected chi connectivity index (χ3v) is 5.30. The minimum Gasteiger partial charge on any atom is -0.507 e. The molecular weight excluding hydrogens is 372 g/mol. The maximum Gasteiger partial charge on any atom is 0.313 e. The topological polar surface area (TPSA) is 74.2 Å². The van der Waals surface area contributed by atoms with Gasteiger partial charge in [-0.25, -0.2) is 0 Å². The first-order valence-electron chi connectivity index (χ1n) is 9.39. The number of esters is 1. The first-order valence-corrected chi connectivity index (χ1v) is 9.39. The standard InChI is InChI=1S/C23H26O6/c1-13-10-19-20(29-14(13)2)9-6-15(22(19)24)11-18(23(25)28-5)17-8-7-16(26-3)12-21(17)27-4/h6-10,12,14,18,24H,11H2,1-5H3. The number of carbonyl (C=O) groups is 1. The summed E-state index contributed by atoms with van der Waals surface area (Å²) in [5, 5.41) is 10.9. The molecule has 0 bridgehead atoms. The van der Waals surface area contributed by atoms with E-state index in [2.05, 4.69) is 0 Å². The maximum atomic E-state index is 12.6. The summed E-state index contributed by atoms with van der Waals surface area (Å²) in [5.41, 5.74) is 2.93. The van der Waals surface area contributed by atoms with E-state index in [-0.39, 0.29) is 18.3 Å². The van der Waals surface area contributed by atoms with Crippen molar-refractivity contribution < 1.29 is 28.8 Å². The van der Waals surface area contributed by atoms with E-state index in [0.717, 1.165) is 5.57 Å². The molecule has 0 saturated carbocycles. The third kappa shape index (κ3) is 4.01. The van der Waals surface area contributed by atoms with Crippen LogP contribution < -0.4 is 14.2 Å². The van der Waals surface area contributed by atoms with Crippen molar-refractivity contribution in [2.75, 3.05) is 21.3 Å². The molecule has 1 heterocycles. The van der Waals surface area contributed by atoms with Gasteiger partial charge in [-0.2, -0.15) is 0 Å². The van der Waals surface area contributed by atoms with Crippen LogP contribution in [0.1, 0.15) is 36.5 Å². The molecule has 0 fully saturated rings. The van der Waals surface area contributed by atoms with Crippen molar-refractivity contribution >= 4 is 12.0 Å². The van der Waals surface area contributed by atoms with Crippen LogP contribution in [0, 0.1) is 0 Å². The zero-order valence-corrected chi connectivity index (χ0v) is 17.3. The number of methoxy groups -OCH3 is 3. The highest BCUT2D eigenvalue weighted by Crippen LogP contribution is 2.41. The van der Waals surface area contributed by atoms with Crippen LogP contribution in [0.25, 0.3) is 6.08 Å². The van der Waals surface area contributed by atoms with Gasteiger partial charge in [0, 0.05) is 11.6 Å². The van der Waals surface area contributed by atoms with E-state index in [1.54, 1.807) is 31.4 Å². The highest BCUT2D eigenvalue weighted by Gasteiger charge is 2.28. The van der Waals surface area contributed by atoms with Gasteiger partial charge < -0.3 is 24.1 Å². The van der Waals surface area contributed by atoms with Gasteiger partial charge >= 0.3 is 5.97 Å². The Kier molecular flexibility index (Phi) is 6.01. The SMILES string of the molecule is COC(=O)C(Cc1ccc2c(c1O)C=C(C)C(C)O2)c1ccc(OC)cc1OC. The molecule has 0 aliphatic carbocycles. The fraction of sp³-hybridized carbons (Fsp3) is 0.348. The second-order valence-electron chi connectivity index (χ2n) is 7.02. The van der Waals surface area contributed by atoms with Gasteiger partial charge in [0.05, 0.1) is 32.8 Å². The van der Waals surface area contributed by atoms with Crippen LogP contribution in [0.2, 0.25) is 0 Å². The largest absolute Gasteiger partial charge is 0.507 e. The highest BCUT2D eigenvalue weighted by atomic mass is 16.5. The Morgan fingerprint density at radius 2 is 1.93 bits per heavy atom. The molecule has 0 spiro atoms. The Labute approximate surface area is 170 Å². The molecule has 0 saturated heterocycles. The lowest BCUT2D eigenvalue weighted by molar-refractivity contribution is -0.142. The summed E-state index contributed by atoms with van der Waals surface area (Å²) in [6, 6.07) is 8.87. The fourth-order valence-electron chi connectivity index (χ4n) is 3.46. The number of ether oxygens (including phenoxy) is 4. The van der Waals surface area contributed by atoms with Gasteiger partial charge in [0.2, 0.25) is 0 Å². The number of hydrogen-bond acceptors (Lipinski definition) is 6. The summed E-state index contributed by atoms with van der Waals surface area (Å²) >= 11 is 0. The zero-order valence-electron chi connectivity index (χ0n) is 17.3. The number of carbonyl (C=O) groups excluding carboxylic acids is 1. The van der Waals surface area contributed by atoms with Crippen molar-refractivity contribution in [3.8, 4) is 23.0 Å². The van der Waals surface area contributed by atoms with Gasteiger partial charge in [-0.05, 0) is 49.6 Å². The molecule has 6 heteroatoms. The number of phenolic OH excluding ortho intramolecular Hbond substituents is 1.